The third kappa shape index (κ3) is 2.50. The number of fused-ring (bicyclic) bond motifs is 1. The van der Waals surface area contributed by atoms with Crippen LogP contribution >= 0.6 is 0 Å². The maximum absolute atomic E-state index is 13.3. The van der Waals surface area contributed by atoms with Gasteiger partial charge in [-0.3, -0.25) is 10.1 Å². The molecule has 0 spiro atoms. The summed E-state index contributed by atoms with van der Waals surface area (Å²) in [4.78, 5) is 16.8. The van der Waals surface area contributed by atoms with Gasteiger partial charge in [0.1, 0.15) is 5.82 Å². The van der Waals surface area contributed by atoms with Crippen molar-refractivity contribution < 1.29 is 13.9 Å². The second kappa shape index (κ2) is 5.53. The molecule has 22 heavy (non-hydrogen) atoms. The van der Waals surface area contributed by atoms with Crippen LogP contribution in [-0.4, -0.2) is 28.2 Å². The monoisotopic (exact) mass is 303 g/mol. The number of rotatable bonds is 3. The first kappa shape index (κ1) is 14.7. The smallest absolute Gasteiger partial charge is 0.232 e. The van der Waals surface area contributed by atoms with E-state index in [1.54, 1.807) is 17.7 Å². The van der Waals surface area contributed by atoms with E-state index in [9.17, 15) is 9.18 Å². The van der Waals surface area contributed by atoms with Crippen molar-refractivity contribution in [2.45, 2.75) is 19.4 Å². The molecule has 0 bridgehead atoms. The number of anilines is 1. The predicted molar refractivity (Wildman–Crippen MR) is 82.0 cm³/mol. The molecule has 1 aliphatic heterocycles. The number of imidazole rings is 1. The summed E-state index contributed by atoms with van der Waals surface area (Å²) in [6.45, 7) is 6.27. The Bertz CT molecular complexity index is 753. The lowest BCUT2D eigenvalue weighted by molar-refractivity contribution is -0.120. The molecule has 116 valence electrons. The molecule has 1 aromatic carbocycles. The number of halogens is 1. The molecule has 2 atom stereocenters. The Kier molecular flexibility index (Phi) is 3.70. The molecule has 2 aromatic rings. The van der Waals surface area contributed by atoms with Crippen molar-refractivity contribution >= 4 is 22.9 Å². The zero-order chi connectivity index (χ0) is 15.9. The quantitative estimate of drug-likeness (QED) is 0.887. The summed E-state index contributed by atoms with van der Waals surface area (Å²) in [5.41, 5.74) is 2.11. The Balaban J connectivity index is 1.85. The van der Waals surface area contributed by atoms with Gasteiger partial charge < -0.3 is 9.30 Å². The van der Waals surface area contributed by atoms with E-state index in [0.29, 0.717) is 30.0 Å². The minimum Gasteiger partial charge on any atom is -0.373 e. The van der Waals surface area contributed by atoms with E-state index in [0.717, 1.165) is 5.57 Å². The normalized spacial score (nSPS) is 21.2. The Morgan fingerprint density at radius 2 is 2.32 bits per heavy atom. The number of nitrogens with zero attached hydrogens (tertiary/aromatic N) is 2. The number of hydrogen-bond acceptors (Lipinski definition) is 3. The number of aryl methyl sites for hydroxylation is 1. The van der Waals surface area contributed by atoms with Gasteiger partial charge in [0, 0.05) is 13.7 Å². The molecule has 6 heteroatoms. The third-order valence-electron chi connectivity index (χ3n) is 3.99. The van der Waals surface area contributed by atoms with Crippen LogP contribution in [0, 0.1) is 11.7 Å². The lowest BCUT2D eigenvalue weighted by Gasteiger charge is -2.17. The van der Waals surface area contributed by atoms with Gasteiger partial charge in [0.15, 0.2) is 0 Å². The fourth-order valence-corrected chi connectivity index (χ4v) is 2.82. The number of aromatic nitrogens is 2. The van der Waals surface area contributed by atoms with E-state index in [1.807, 2.05) is 6.92 Å². The van der Waals surface area contributed by atoms with Crippen molar-refractivity contribution in [2.75, 3.05) is 11.9 Å². The van der Waals surface area contributed by atoms with E-state index in [2.05, 4.69) is 16.9 Å². The van der Waals surface area contributed by atoms with E-state index < -0.39 is 0 Å². The van der Waals surface area contributed by atoms with Crippen molar-refractivity contribution in [3.8, 4) is 0 Å². The number of carbonyl (C=O) groups is 1. The molecule has 1 N–H and O–H groups in total. The van der Waals surface area contributed by atoms with Crippen LogP contribution in [0.25, 0.3) is 11.0 Å². The summed E-state index contributed by atoms with van der Waals surface area (Å²) in [6, 6.07) is 4.34. The minimum atomic E-state index is -0.333. The molecule has 1 fully saturated rings. The van der Waals surface area contributed by atoms with Crippen LogP contribution in [0.3, 0.4) is 0 Å². The SMILES string of the molecule is C=C(C)[C@@H]1OCC[C@@H]1C(=O)Nc1nc2ccc(F)cc2n1C. The van der Waals surface area contributed by atoms with Gasteiger partial charge in [0.05, 0.1) is 23.1 Å². The van der Waals surface area contributed by atoms with Crippen LogP contribution in [0.4, 0.5) is 10.3 Å². The predicted octanol–water partition coefficient (Wildman–Crippen LogP) is 2.63. The molecule has 5 nitrogen and oxygen atoms in total. The highest BCUT2D eigenvalue weighted by atomic mass is 19.1. The number of benzene rings is 1. The zero-order valence-corrected chi connectivity index (χ0v) is 12.6. The first-order valence-electron chi connectivity index (χ1n) is 7.17. The molecule has 1 aromatic heterocycles. The van der Waals surface area contributed by atoms with Crippen LogP contribution in [0.5, 0.6) is 0 Å². The Hall–Kier alpha value is -2.21. The molecule has 1 saturated heterocycles. The van der Waals surface area contributed by atoms with Gasteiger partial charge in [-0.1, -0.05) is 12.2 Å². The molecule has 3 rings (SSSR count). The van der Waals surface area contributed by atoms with Crippen molar-refractivity contribution in [1.29, 1.82) is 0 Å². The Morgan fingerprint density at radius 3 is 3.05 bits per heavy atom. The standard InChI is InChI=1S/C16H18FN3O2/c1-9(2)14-11(6-7-22-14)15(21)19-16-18-12-5-4-10(17)8-13(12)20(16)3/h4-5,8,11,14H,1,6-7H2,2-3H3,(H,18,19,21)/t11-,14-/m0/s1. The zero-order valence-electron chi connectivity index (χ0n) is 12.6. The summed E-state index contributed by atoms with van der Waals surface area (Å²) >= 11 is 0. The number of hydrogen-bond donors (Lipinski definition) is 1. The molecular formula is C16H18FN3O2. The summed E-state index contributed by atoms with van der Waals surface area (Å²) < 4.78 is 20.5. The maximum Gasteiger partial charge on any atom is 0.232 e. The molecule has 1 aliphatic rings. The molecule has 2 heterocycles. The average Bonchev–Trinajstić information content (AvgIpc) is 3.06. The summed E-state index contributed by atoms with van der Waals surface area (Å²) in [7, 11) is 1.74. The van der Waals surface area contributed by atoms with Gasteiger partial charge in [0.2, 0.25) is 11.9 Å². The second-order valence-corrected chi connectivity index (χ2v) is 5.65. The largest absolute Gasteiger partial charge is 0.373 e. The van der Waals surface area contributed by atoms with Crippen LogP contribution in [0.2, 0.25) is 0 Å². The average molecular weight is 303 g/mol. The third-order valence-corrected chi connectivity index (χ3v) is 3.99. The van der Waals surface area contributed by atoms with E-state index in [1.165, 1.54) is 12.1 Å². The van der Waals surface area contributed by atoms with Crippen LogP contribution in [0.1, 0.15) is 13.3 Å². The van der Waals surface area contributed by atoms with Gasteiger partial charge in [-0.25, -0.2) is 9.37 Å². The number of ether oxygens (including phenoxy) is 1. The van der Waals surface area contributed by atoms with Crippen LogP contribution in [-0.2, 0) is 16.6 Å². The second-order valence-electron chi connectivity index (χ2n) is 5.65. The van der Waals surface area contributed by atoms with Gasteiger partial charge in [-0.05, 0) is 31.5 Å². The molecule has 1 amide bonds. The minimum absolute atomic E-state index is 0.149. The maximum atomic E-state index is 13.3. The highest BCUT2D eigenvalue weighted by Gasteiger charge is 2.35. The van der Waals surface area contributed by atoms with Gasteiger partial charge in [-0.2, -0.15) is 0 Å². The van der Waals surface area contributed by atoms with Crippen molar-refractivity contribution in [3.05, 3.63) is 36.2 Å². The van der Waals surface area contributed by atoms with E-state index >= 15 is 0 Å². The lowest BCUT2D eigenvalue weighted by Crippen LogP contribution is -2.31. The fourth-order valence-electron chi connectivity index (χ4n) is 2.82. The molecular weight excluding hydrogens is 285 g/mol. The molecule has 0 radical (unpaired) electrons. The van der Waals surface area contributed by atoms with Crippen molar-refractivity contribution in [1.82, 2.24) is 9.55 Å². The highest BCUT2D eigenvalue weighted by Crippen LogP contribution is 2.27. The van der Waals surface area contributed by atoms with Crippen molar-refractivity contribution in [3.63, 3.8) is 0 Å². The first-order valence-corrected chi connectivity index (χ1v) is 7.17. The van der Waals surface area contributed by atoms with E-state index in [-0.39, 0.29) is 23.7 Å². The van der Waals surface area contributed by atoms with Crippen LogP contribution in [0.15, 0.2) is 30.4 Å². The molecule has 0 unspecified atom stereocenters. The summed E-state index contributed by atoms with van der Waals surface area (Å²) in [6.07, 6.45) is 0.397. The molecule has 0 saturated carbocycles. The van der Waals surface area contributed by atoms with E-state index in [4.69, 9.17) is 4.74 Å². The number of carbonyl (C=O) groups excluding carboxylic acids is 1. The van der Waals surface area contributed by atoms with Gasteiger partial charge in [-0.15, -0.1) is 0 Å². The summed E-state index contributed by atoms with van der Waals surface area (Å²) in [5, 5.41) is 2.82. The van der Waals surface area contributed by atoms with Crippen molar-refractivity contribution in [2.24, 2.45) is 13.0 Å². The van der Waals surface area contributed by atoms with Crippen LogP contribution < -0.4 is 5.32 Å². The van der Waals surface area contributed by atoms with Gasteiger partial charge in [0.25, 0.3) is 0 Å². The number of nitrogens with one attached hydrogen (secondary N) is 1. The fraction of sp³-hybridized carbons (Fsp3) is 0.375. The number of amides is 1. The summed E-state index contributed by atoms with van der Waals surface area (Å²) in [5.74, 6) is -0.351. The lowest BCUT2D eigenvalue weighted by atomic mass is 9.96. The Labute approximate surface area is 127 Å². The Morgan fingerprint density at radius 1 is 1.55 bits per heavy atom. The molecule has 0 aliphatic carbocycles. The van der Waals surface area contributed by atoms with Gasteiger partial charge >= 0.3 is 0 Å². The first-order chi connectivity index (χ1) is 10.5. The topological polar surface area (TPSA) is 56.1 Å². The highest BCUT2D eigenvalue weighted by molar-refractivity contribution is 5.93.